The van der Waals surface area contributed by atoms with Gasteiger partial charge in [-0.25, -0.2) is 0 Å². The molecule has 4 heteroatoms. The Labute approximate surface area is 171 Å². The van der Waals surface area contributed by atoms with E-state index in [1.54, 1.807) is 20.3 Å². The van der Waals surface area contributed by atoms with Gasteiger partial charge in [-0.15, -0.1) is 0 Å². The van der Waals surface area contributed by atoms with Gasteiger partial charge in [-0.3, -0.25) is 4.79 Å². The van der Waals surface area contributed by atoms with E-state index < -0.39 is 0 Å². The highest BCUT2D eigenvalue weighted by molar-refractivity contribution is 5.92. The highest BCUT2D eigenvalue weighted by atomic mass is 16.5. The average Bonchev–Trinajstić information content (AvgIpc) is 2.78. The van der Waals surface area contributed by atoms with Crippen LogP contribution in [-0.4, -0.2) is 26.7 Å². The summed E-state index contributed by atoms with van der Waals surface area (Å²) in [6.07, 6.45) is 4.14. The van der Waals surface area contributed by atoms with Crippen molar-refractivity contribution in [3.63, 3.8) is 0 Å². The number of hydrogen-bond donors (Lipinski definition) is 1. The molecule has 3 aromatic carbocycles. The molecule has 148 valence electrons. The quantitative estimate of drug-likeness (QED) is 0.568. The summed E-state index contributed by atoms with van der Waals surface area (Å²) in [5.41, 5.74) is 4.16. The molecule has 0 atom stereocenters. The first-order chi connectivity index (χ1) is 14.2. The fourth-order valence-corrected chi connectivity index (χ4v) is 3.03. The van der Waals surface area contributed by atoms with Crippen LogP contribution in [-0.2, 0) is 11.2 Å². The van der Waals surface area contributed by atoms with Crippen LogP contribution in [0.2, 0.25) is 0 Å². The molecule has 0 fully saturated rings. The lowest BCUT2D eigenvalue weighted by atomic mass is 10.0. The van der Waals surface area contributed by atoms with E-state index in [0.717, 1.165) is 40.2 Å². The Hall–Kier alpha value is -3.53. The van der Waals surface area contributed by atoms with Crippen LogP contribution in [0.25, 0.3) is 17.2 Å². The Morgan fingerprint density at radius 1 is 0.931 bits per heavy atom. The molecule has 0 radical (unpaired) electrons. The Balaban J connectivity index is 1.59. The van der Waals surface area contributed by atoms with Crippen molar-refractivity contribution in [2.45, 2.75) is 6.42 Å². The molecule has 1 amide bonds. The van der Waals surface area contributed by atoms with Gasteiger partial charge >= 0.3 is 0 Å². The van der Waals surface area contributed by atoms with Crippen LogP contribution in [0, 0.1) is 0 Å². The van der Waals surface area contributed by atoms with Gasteiger partial charge in [-0.05, 0) is 53.5 Å². The summed E-state index contributed by atoms with van der Waals surface area (Å²) >= 11 is 0. The maximum atomic E-state index is 12.1. The molecule has 4 nitrogen and oxygen atoms in total. The summed E-state index contributed by atoms with van der Waals surface area (Å²) in [5, 5.41) is 2.92. The minimum atomic E-state index is -0.115. The molecule has 0 spiro atoms. The number of rotatable bonds is 8. The molecule has 0 aliphatic carbocycles. The van der Waals surface area contributed by atoms with Gasteiger partial charge in [0.1, 0.15) is 11.5 Å². The molecule has 0 aliphatic rings. The Morgan fingerprint density at radius 3 is 2.38 bits per heavy atom. The van der Waals surface area contributed by atoms with Crippen LogP contribution in [0.5, 0.6) is 11.5 Å². The number of amides is 1. The van der Waals surface area contributed by atoms with Crippen molar-refractivity contribution < 1.29 is 14.3 Å². The molecule has 3 rings (SSSR count). The number of carbonyl (C=O) groups is 1. The van der Waals surface area contributed by atoms with Crippen molar-refractivity contribution in [2.24, 2.45) is 0 Å². The van der Waals surface area contributed by atoms with Gasteiger partial charge in [-0.1, -0.05) is 48.5 Å². The highest BCUT2D eigenvalue weighted by Gasteiger charge is 2.06. The average molecular weight is 387 g/mol. The predicted molar refractivity (Wildman–Crippen MR) is 117 cm³/mol. The lowest BCUT2D eigenvalue weighted by molar-refractivity contribution is -0.116. The van der Waals surface area contributed by atoms with E-state index in [0.29, 0.717) is 6.54 Å². The van der Waals surface area contributed by atoms with E-state index in [4.69, 9.17) is 9.47 Å². The predicted octanol–water partition coefficient (Wildman–Crippen LogP) is 4.74. The molecule has 3 aromatic rings. The molecule has 29 heavy (non-hydrogen) atoms. The third kappa shape index (κ3) is 5.72. The van der Waals surface area contributed by atoms with Crippen LogP contribution in [0.3, 0.4) is 0 Å². The van der Waals surface area contributed by atoms with Crippen molar-refractivity contribution >= 4 is 12.0 Å². The van der Waals surface area contributed by atoms with E-state index in [-0.39, 0.29) is 5.91 Å². The van der Waals surface area contributed by atoms with Gasteiger partial charge in [0.2, 0.25) is 5.91 Å². The highest BCUT2D eigenvalue weighted by Crippen LogP contribution is 2.31. The molecule has 0 saturated carbocycles. The van der Waals surface area contributed by atoms with Gasteiger partial charge in [0, 0.05) is 18.2 Å². The number of hydrogen-bond acceptors (Lipinski definition) is 3. The molecule has 0 unspecified atom stereocenters. The van der Waals surface area contributed by atoms with E-state index in [9.17, 15) is 4.79 Å². The van der Waals surface area contributed by atoms with Gasteiger partial charge in [-0.2, -0.15) is 0 Å². The van der Waals surface area contributed by atoms with Gasteiger partial charge in [0.25, 0.3) is 0 Å². The maximum Gasteiger partial charge on any atom is 0.244 e. The smallest absolute Gasteiger partial charge is 0.244 e. The van der Waals surface area contributed by atoms with Crippen LogP contribution in [0.1, 0.15) is 11.1 Å². The zero-order valence-corrected chi connectivity index (χ0v) is 16.7. The van der Waals surface area contributed by atoms with Crippen molar-refractivity contribution in [1.29, 1.82) is 0 Å². The minimum Gasteiger partial charge on any atom is -0.497 e. The van der Waals surface area contributed by atoms with Gasteiger partial charge in [0.05, 0.1) is 14.2 Å². The first-order valence-corrected chi connectivity index (χ1v) is 9.52. The first-order valence-electron chi connectivity index (χ1n) is 9.52. The maximum absolute atomic E-state index is 12.1. The molecular formula is C25H25NO3. The summed E-state index contributed by atoms with van der Waals surface area (Å²) in [4.78, 5) is 12.1. The fraction of sp³-hybridized carbons (Fsp3) is 0.160. The summed E-state index contributed by atoms with van der Waals surface area (Å²) in [7, 11) is 3.31. The lowest BCUT2D eigenvalue weighted by Gasteiger charge is -2.09. The summed E-state index contributed by atoms with van der Waals surface area (Å²) < 4.78 is 10.6. The Bertz CT molecular complexity index is 963. The zero-order chi connectivity index (χ0) is 20.5. The van der Waals surface area contributed by atoms with E-state index in [1.807, 2.05) is 78.9 Å². The second kappa shape index (κ2) is 10.1. The van der Waals surface area contributed by atoms with E-state index in [1.165, 1.54) is 0 Å². The van der Waals surface area contributed by atoms with Crippen LogP contribution >= 0.6 is 0 Å². The topological polar surface area (TPSA) is 47.6 Å². The van der Waals surface area contributed by atoms with Crippen molar-refractivity contribution in [3.8, 4) is 22.6 Å². The molecular weight excluding hydrogens is 362 g/mol. The third-order valence-electron chi connectivity index (χ3n) is 4.61. The van der Waals surface area contributed by atoms with Gasteiger partial charge in [0.15, 0.2) is 0 Å². The molecule has 0 saturated heterocycles. The normalized spacial score (nSPS) is 10.7. The Kier molecular flexibility index (Phi) is 7.06. The number of benzene rings is 3. The van der Waals surface area contributed by atoms with Crippen LogP contribution < -0.4 is 14.8 Å². The number of nitrogens with one attached hydrogen (secondary N) is 1. The largest absolute Gasteiger partial charge is 0.497 e. The SMILES string of the molecule is COc1ccc(CCNC(=O)/C=C/c2ccc(OC)c(-c3ccccc3)c2)cc1. The zero-order valence-electron chi connectivity index (χ0n) is 16.7. The second-order valence-electron chi connectivity index (χ2n) is 6.55. The number of methoxy groups -OCH3 is 2. The lowest BCUT2D eigenvalue weighted by Crippen LogP contribution is -2.23. The van der Waals surface area contributed by atoms with Crippen molar-refractivity contribution in [3.05, 3.63) is 90.0 Å². The minimum absolute atomic E-state index is 0.115. The number of carbonyl (C=O) groups excluding carboxylic acids is 1. The molecule has 0 bridgehead atoms. The summed E-state index contributed by atoms with van der Waals surface area (Å²) in [6.45, 7) is 0.577. The first kappa shape index (κ1) is 20.2. The molecule has 0 heterocycles. The third-order valence-corrected chi connectivity index (χ3v) is 4.61. The number of ether oxygens (including phenoxy) is 2. The molecule has 1 N–H and O–H groups in total. The summed E-state index contributed by atoms with van der Waals surface area (Å²) in [5.74, 6) is 1.52. The fourth-order valence-electron chi connectivity index (χ4n) is 3.03. The van der Waals surface area contributed by atoms with Gasteiger partial charge < -0.3 is 14.8 Å². The molecule has 0 aromatic heterocycles. The van der Waals surface area contributed by atoms with Crippen LogP contribution in [0.4, 0.5) is 0 Å². The van der Waals surface area contributed by atoms with Crippen LogP contribution in [0.15, 0.2) is 78.9 Å². The van der Waals surface area contributed by atoms with Crippen molar-refractivity contribution in [1.82, 2.24) is 5.32 Å². The van der Waals surface area contributed by atoms with E-state index in [2.05, 4.69) is 5.32 Å². The van der Waals surface area contributed by atoms with Crippen molar-refractivity contribution in [2.75, 3.05) is 20.8 Å². The summed E-state index contributed by atoms with van der Waals surface area (Å²) in [6, 6.07) is 23.8. The van der Waals surface area contributed by atoms with E-state index >= 15 is 0 Å². The monoisotopic (exact) mass is 387 g/mol. The Morgan fingerprint density at radius 2 is 1.69 bits per heavy atom. The molecule has 0 aliphatic heterocycles. The standard InChI is InChI=1S/C25H25NO3/c1-28-22-12-8-19(9-13-22)16-17-26-25(27)15-11-20-10-14-24(29-2)23(18-20)21-6-4-3-5-7-21/h3-15,18H,16-17H2,1-2H3,(H,26,27)/b15-11+. The second-order valence-corrected chi connectivity index (χ2v) is 6.55.